The third kappa shape index (κ3) is 4.62. The molecule has 9 aromatic carbocycles. The van der Waals surface area contributed by atoms with Gasteiger partial charge in [0.2, 0.25) is 0 Å². The summed E-state index contributed by atoms with van der Waals surface area (Å²) >= 11 is 1.86. The van der Waals surface area contributed by atoms with E-state index in [2.05, 4.69) is 195 Å². The van der Waals surface area contributed by atoms with Gasteiger partial charge in [-0.2, -0.15) is 0 Å². The van der Waals surface area contributed by atoms with E-state index in [4.69, 9.17) is 0 Å². The van der Waals surface area contributed by atoms with E-state index in [1.54, 1.807) is 0 Å². The van der Waals surface area contributed by atoms with Crippen molar-refractivity contribution in [2.75, 3.05) is 4.90 Å². The van der Waals surface area contributed by atoms with Gasteiger partial charge in [0.05, 0.1) is 0 Å². The maximum Gasteiger partial charge on any atom is 0.0468 e. The molecule has 0 N–H and O–H groups in total. The van der Waals surface area contributed by atoms with Gasteiger partial charge >= 0.3 is 0 Å². The van der Waals surface area contributed by atoms with Crippen LogP contribution in [-0.4, -0.2) is 0 Å². The molecule has 0 bridgehead atoms. The second kappa shape index (κ2) is 11.4. The van der Waals surface area contributed by atoms with Crippen molar-refractivity contribution in [3.05, 3.63) is 187 Å². The van der Waals surface area contributed by atoms with Crippen molar-refractivity contribution in [3.8, 4) is 22.3 Å². The standard InChI is InChI=1S/C51H35NS/c1-51(2)46-13-7-5-11-41(46)44-30-38(25-27-47(44)51)52(39-26-28-49-45(31-39)42-12-6-8-14-48(42)53-49)37-23-21-32(22-24-37)36-20-17-34-16-19-35-18-15-33-9-3-4-10-40(33)50(35)43(34)29-36/h3-31H,1-2H3. The maximum absolute atomic E-state index is 2.43. The minimum absolute atomic E-state index is 0.0388. The zero-order chi connectivity index (χ0) is 35.3. The Labute approximate surface area is 313 Å². The molecule has 0 unspecified atom stereocenters. The van der Waals surface area contributed by atoms with Crippen LogP contribution in [0.2, 0.25) is 0 Å². The maximum atomic E-state index is 2.43. The Balaban J connectivity index is 1.07. The Hall–Kier alpha value is -6.22. The van der Waals surface area contributed by atoms with E-state index in [9.17, 15) is 0 Å². The van der Waals surface area contributed by atoms with Crippen molar-refractivity contribution in [3.63, 3.8) is 0 Å². The summed E-state index contributed by atoms with van der Waals surface area (Å²) in [7, 11) is 0. The minimum atomic E-state index is -0.0388. The molecule has 250 valence electrons. The molecule has 0 aliphatic heterocycles. The van der Waals surface area contributed by atoms with Gasteiger partial charge in [0.25, 0.3) is 0 Å². The molecule has 0 saturated heterocycles. The predicted octanol–water partition coefficient (Wildman–Crippen LogP) is 15.0. The molecule has 0 radical (unpaired) electrons. The molecule has 1 aliphatic rings. The lowest BCUT2D eigenvalue weighted by molar-refractivity contribution is 0.660. The third-order valence-corrected chi connectivity index (χ3v) is 12.8. The summed E-state index contributed by atoms with van der Waals surface area (Å²) in [5.41, 5.74) is 11.3. The molecule has 0 atom stereocenters. The monoisotopic (exact) mass is 693 g/mol. The van der Waals surface area contributed by atoms with Crippen LogP contribution in [0.15, 0.2) is 176 Å². The highest BCUT2D eigenvalue weighted by molar-refractivity contribution is 7.25. The molecule has 1 aliphatic carbocycles. The number of rotatable bonds is 4. The van der Waals surface area contributed by atoms with Gasteiger partial charge in [0.15, 0.2) is 0 Å². The van der Waals surface area contributed by atoms with Crippen molar-refractivity contribution in [2.24, 2.45) is 0 Å². The third-order valence-electron chi connectivity index (χ3n) is 11.6. The van der Waals surface area contributed by atoms with Crippen molar-refractivity contribution >= 4 is 80.9 Å². The average Bonchev–Trinajstić information content (AvgIpc) is 3.69. The molecule has 2 heteroatoms. The predicted molar refractivity (Wildman–Crippen MR) is 230 cm³/mol. The molecule has 1 heterocycles. The lowest BCUT2D eigenvalue weighted by Crippen LogP contribution is -2.15. The van der Waals surface area contributed by atoms with Crippen LogP contribution in [-0.2, 0) is 5.41 Å². The van der Waals surface area contributed by atoms with Crippen LogP contribution in [0.25, 0.3) is 74.7 Å². The zero-order valence-corrected chi connectivity index (χ0v) is 30.4. The molecular weight excluding hydrogens is 659 g/mol. The van der Waals surface area contributed by atoms with Crippen molar-refractivity contribution in [2.45, 2.75) is 19.3 Å². The zero-order valence-electron chi connectivity index (χ0n) is 29.6. The summed E-state index contributed by atoms with van der Waals surface area (Å²) in [4.78, 5) is 2.43. The molecule has 0 saturated carbocycles. The largest absolute Gasteiger partial charge is 0.310 e. The topological polar surface area (TPSA) is 3.24 Å². The summed E-state index contributed by atoms with van der Waals surface area (Å²) in [6.07, 6.45) is 0. The smallest absolute Gasteiger partial charge is 0.0468 e. The lowest BCUT2D eigenvalue weighted by Gasteiger charge is -2.27. The molecule has 10 aromatic rings. The molecular formula is C51H35NS. The Bertz CT molecular complexity index is 3090. The van der Waals surface area contributed by atoms with Gasteiger partial charge in [-0.3, -0.25) is 0 Å². The van der Waals surface area contributed by atoms with Crippen molar-refractivity contribution in [1.29, 1.82) is 0 Å². The van der Waals surface area contributed by atoms with Crippen LogP contribution in [0.3, 0.4) is 0 Å². The second-order valence-electron chi connectivity index (χ2n) is 14.9. The highest BCUT2D eigenvalue weighted by atomic mass is 32.1. The second-order valence-corrected chi connectivity index (χ2v) is 16.0. The van der Waals surface area contributed by atoms with Gasteiger partial charge in [-0.25, -0.2) is 0 Å². The Morgan fingerprint density at radius 3 is 1.87 bits per heavy atom. The van der Waals surface area contributed by atoms with Gasteiger partial charge in [-0.05, 0) is 120 Å². The molecule has 11 rings (SSSR count). The van der Waals surface area contributed by atoms with E-state index in [0.29, 0.717) is 0 Å². The van der Waals surface area contributed by atoms with Gasteiger partial charge < -0.3 is 4.90 Å². The molecule has 53 heavy (non-hydrogen) atoms. The summed E-state index contributed by atoms with van der Waals surface area (Å²) in [5.74, 6) is 0. The summed E-state index contributed by atoms with van der Waals surface area (Å²) in [5, 5.41) is 10.3. The first kappa shape index (κ1) is 30.4. The Kier molecular flexibility index (Phi) is 6.53. The number of hydrogen-bond acceptors (Lipinski definition) is 2. The van der Waals surface area contributed by atoms with E-state index >= 15 is 0 Å². The van der Waals surface area contributed by atoms with Crippen LogP contribution in [0.1, 0.15) is 25.0 Å². The quantitative estimate of drug-likeness (QED) is 0.166. The fraction of sp³-hybridized carbons (Fsp3) is 0.0588. The molecule has 1 aromatic heterocycles. The van der Waals surface area contributed by atoms with Crippen molar-refractivity contribution < 1.29 is 0 Å². The first-order valence-electron chi connectivity index (χ1n) is 18.4. The van der Waals surface area contributed by atoms with E-state index in [1.807, 2.05) is 11.3 Å². The van der Waals surface area contributed by atoms with E-state index in [0.717, 1.165) is 17.1 Å². The SMILES string of the molecule is CC1(C)c2ccccc2-c2cc(N(c3ccc(-c4ccc5ccc6ccc7ccccc7c6c5c4)cc3)c3ccc4sc5ccccc5c4c3)ccc21. The molecule has 0 fully saturated rings. The van der Waals surface area contributed by atoms with Crippen LogP contribution in [0.5, 0.6) is 0 Å². The number of anilines is 3. The highest BCUT2D eigenvalue weighted by Crippen LogP contribution is 2.51. The normalized spacial score (nSPS) is 13.2. The van der Waals surface area contributed by atoms with Crippen LogP contribution in [0.4, 0.5) is 17.1 Å². The Morgan fingerprint density at radius 2 is 1.00 bits per heavy atom. The number of hydrogen-bond donors (Lipinski definition) is 0. The van der Waals surface area contributed by atoms with Gasteiger partial charge in [-0.15, -0.1) is 11.3 Å². The van der Waals surface area contributed by atoms with E-state index in [1.165, 1.54) is 85.9 Å². The fourth-order valence-electron chi connectivity index (χ4n) is 8.96. The lowest BCUT2D eigenvalue weighted by atomic mass is 9.82. The molecule has 0 spiro atoms. The highest BCUT2D eigenvalue weighted by Gasteiger charge is 2.35. The van der Waals surface area contributed by atoms with Crippen LogP contribution in [0, 0.1) is 0 Å². The fourth-order valence-corrected chi connectivity index (χ4v) is 10.0. The first-order chi connectivity index (χ1) is 26.0. The average molecular weight is 694 g/mol. The number of benzene rings is 9. The number of nitrogens with zero attached hydrogens (tertiary/aromatic N) is 1. The van der Waals surface area contributed by atoms with E-state index in [-0.39, 0.29) is 5.41 Å². The number of thiophene rings is 1. The van der Waals surface area contributed by atoms with Gasteiger partial charge in [-0.1, -0.05) is 135 Å². The van der Waals surface area contributed by atoms with Crippen LogP contribution >= 0.6 is 11.3 Å². The minimum Gasteiger partial charge on any atom is -0.310 e. The van der Waals surface area contributed by atoms with Crippen LogP contribution < -0.4 is 4.90 Å². The Morgan fingerprint density at radius 1 is 0.396 bits per heavy atom. The molecule has 1 nitrogen and oxygen atoms in total. The molecule has 0 amide bonds. The summed E-state index contributed by atoms with van der Waals surface area (Å²) in [6.45, 7) is 4.70. The summed E-state index contributed by atoms with van der Waals surface area (Å²) in [6, 6.07) is 65.5. The van der Waals surface area contributed by atoms with E-state index < -0.39 is 0 Å². The van der Waals surface area contributed by atoms with Gasteiger partial charge in [0, 0.05) is 42.6 Å². The first-order valence-corrected chi connectivity index (χ1v) is 19.2. The summed E-state index contributed by atoms with van der Waals surface area (Å²) < 4.78 is 2.63. The number of fused-ring (bicyclic) bond motifs is 11. The van der Waals surface area contributed by atoms with Crippen molar-refractivity contribution in [1.82, 2.24) is 0 Å². The van der Waals surface area contributed by atoms with Gasteiger partial charge in [0.1, 0.15) is 0 Å².